The third-order valence-electron chi connectivity index (χ3n) is 6.27. The summed E-state index contributed by atoms with van der Waals surface area (Å²) in [5.74, 6) is 0. The van der Waals surface area contributed by atoms with Crippen molar-refractivity contribution in [2.24, 2.45) is 0 Å². The summed E-state index contributed by atoms with van der Waals surface area (Å²) in [7, 11) is 0. The van der Waals surface area contributed by atoms with Gasteiger partial charge in [0.2, 0.25) is 0 Å². The van der Waals surface area contributed by atoms with E-state index in [1.807, 2.05) is 0 Å². The van der Waals surface area contributed by atoms with E-state index in [2.05, 4.69) is 118 Å². The van der Waals surface area contributed by atoms with Crippen LogP contribution in [0.15, 0.2) is 109 Å². The highest BCUT2D eigenvalue weighted by molar-refractivity contribution is 6.19. The number of hydrogen-bond donors (Lipinski definition) is 0. The van der Waals surface area contributed by atoms with Crippen molar-refractivity contribution in [3.05, 3.63) is 109 Å². The first kappa shape index (κ1) is 15.8. The maximum atomic E-state index is 2.45. The molecule has 7 aromatic rings. The Morgan fingerprint density at radius 1 is 0.400 bits per heavy atom. The quantitative estimate of drug-likeness (QED) is 0.263. The highest BCUT2D eigenvalue weighted by Crippen LogP contribution is 2.39. The number of rotatable bonds is 1. The van der Waals surface area contributed by atoms with Crippen molar-refractivity contribution in [2.75, 3.05) is 0 Å². The smallest absolute Gasteiger partial charge is 0.0797 e. The van der Waals surface area contributed by atoms with Gasteiger partial charge >= 0.3 is 0 Å². The molecular weight excluding hydrogens is 364 g/mol. The number of nitrogens with zero attached hydrogens (tertiary/aromatic N) is 2. The van der Waals surface area contributed by atoms with Crippen LogP contribution in [0.5, 0.6) is 0 Å². The van der Waals surface area contributed by atoms with E-state index in [4.69, 9.17) is 0 Å². The third-order valence-corrected chi connectivity index (χ3v) is 6.27. The molecule has 4 aromatic carbocycles. The molecule has 0 saturated heterocycles. The number of aromatic nitrogens is 2. The number of fused-ring (bicyclic) bond motifs is 10. The largest absolute Gasteiger partial charge is 0.308 e. The van der Waals surface area contributed by atoms with E-state index >= 15 is 0 Å². The second-order valence-electron chi connectivity index (χ2n) is 7.85. The van der Waals surface area contributed by atoms with E-state index in [1.165, 1.54) is 54.8 Å². The normalized spacial score (nSPS) is 12.0. The molecule has 0 N–H and O–H groups in total. The van der Waals surface area contributed by atoms with Gasteiger partial charge < -0.3 is 8.97 Å². The molecule has 0 fully saturated rings. The molecule has 0 bridgehead atoms. The zero-order chi connectivity index (χ0) is 19.7. The third kappa shape index (κ3) is 1.93. The maximum absolute atomic E-state index is 2.45. The molecular formula is C28H18N2. The minimum Gasteiger partial charge on any atom is -0.308 e. The number of hydrogen-bond acceptors (Lipinski definition) is 0. The minimum atomic E-state index is 1.19. The Labute approximate surface area is 173 Å². The van der Waals surface area contributed by atoms with Gasteiger partial charge in [-0.05, 0) is 35.7 Å². The molecule has 30 heavy (non-hydrogen) atoms. The molecule has 0 unspecified atom stereocenters. The molecule has 7 rings (SSSR count). The lowest BCUT2D eigenvalue weighted by molar-refractivity contribution is 1.18. The minimum absolute atomic E-state index is 1.19. The van der Waals surface area contributed by atoms with Crippen molar-refractivity contribution in [1.82, 2.24) is 8.97 Å². The summed E-state index contributed by atoms with van der Waals surface area (Å²) in [6.07, 6.45) is 0. The Bertz CT molecular complexity index is 1730. The fourth-order valence-electron chi connectivity index (χ4n) is 5.07. The Hall–Kier alpha value is -4.04. The van der Waals surface area contributed by atoms with E-state index in [9.17, 15) is 0 Å². The molecule has 0 spiro atoms. The van der Waals surface area contributed by atoms with Crippen LogP contribution in [-0.4, -0.2) is 8.97 Å². The van der Waals surface area contributed by atoms with Crippen LogP contribution in [0.2, 0.25) is 0 Å². The standard InChI is InChI=1S/C28H18N2/c1-2-10-19(11-3-1)29-25-17-9-7-15-23(25)28-27(29)18-26-22-14-5-4-12-20(22)21-13-6-8-16-24(21)30(26)28/h1-18H. The first-order valence-electron chi connectivity index (χ1n) is 10.3. The summed E-state index contributed by atoms with van der Waals surface area (Å²) in [6, 6.07) is 39.2. The zero-order valence-corrected chi connectivity index (χ0v) is 16.3. The predicted octanol–water partition coefficient (Wildman–Crippen LogP) is 7.34. The van der Waals surface area contributed by atoms with Gasteiger partial charge in [-0.25, -0.2) is 0 Å². The van der Waals surface area contributed by atoms with Crippen molar-refractivity contribution in [2.45, 2.75) is 0 Å². The summed E-state index contributed by atoms with van der Waals surface area (Å²) in [6.45, 7) is 0. The maximum Gasteiger partial charge on any atom is 0.0797 e. The SMILES string of the molecule is c1ccc(-n2c3ccccc3c3c2cc2c4ccccc4c4ccccc4n23)cc1. The van der Waals surface area contributed by atoms with E-state index in [-0.39, 0.29) is 0 Å². The molecule has 2 nitrogen and oxygen atoms in total. The monoisotopic (exact) mass is 382 g/mol. The lowest BCUT2D eigenvalue weighted by Gasteiger charge is -2.10. The van der Waals surface area contributed by atoms with Crippen LogP contribution >= 0.6 is 0 Å². The van der Waals surface area contributed by atoms with Crippen LogP contribution in [0.1, 0.15) is 0 Å². The Morgan fingerprint density at radius 2 is 0.967 bits per heavy atom. The first-order chi connectivity index (χ1) is 14.9. The predicted molar refractivity (Wildman–Crippen MR) is 127 cm³/mol. The molecule has 0 amide bonds. The lowest BCUT2D eigenvalue weighted by Crippen LogP contribution is -1.92. The van der Waals surface area contributed by atoms with Gasteiger partial charge in [-0.15, -0.1) is 0 Å². The van der Waals surface area contributed by atoms with E-state index in [0.29, 0.717) is 0 Å². The Morgan fingerprint density at radius 3 is 1.73 bits per heavy atom. The van der Waals surface area contributed by atoms with E-state index in [0.717, 1.165) is 0 Å². The number of para-hydroxylation sites is 3. The van der Waals surface area contributed by atoms with Crippen molar-refractivity contribution < 1.29 is 0 Å². The summed E-state index contributed by atoms with van der Waals surface area (Å²) in [5, 5.41) is 5.15. The van der Waals surface area contributed by atoms with Crippen LogP contribution in [-0.2, 0) is 0 Å². The fourth-order valence-corrected chi connectivity index (χ4v) is 5.07. The Kier molecular flexibility index (Phi) is 3.03. The van der Waals surface area contributed by atoms with Crippen LogP contribution in [0.4, 0.5) is 0 Å². The second-order valence-corrected chi connectivity index (χ2v) is 7.85. The van der Waals surface area contributed by atoms with E-state index in [1.54, 1.807) is 0 Å². The number of pyridine rings is 1. The van der Waals surface area contributed by atoms with Crippen molar-refractivity contribution >= 4 is 49.1 Å². The van der Waals surface area contributed by atoms with Gasteiger partial charge in [0.15, 0.2) is 0 Å². The van der Waals surface area contributed by atoms with Crippen molar-refractivity contribution in [3.8, 4) is 5.69 Å². The van der Waals surface area contributed by atoms with Crippen LogP contribution < -0.4 is 0 Å². The molecule has 2 heteroatoms. The Balaban J connectivity index is 1.83. The van der Waals surface area contributed by atoms with Gasteiger partial charge in [-0.3, -0.25) is 0 Å². The summed E-state index contributed by atoms with van der Waals surface area (Å²) in [5.41, 5.74) is 7.44. The molecule has 0 aliphatic heterocycles. The summed E-state index contributed by atoms with van der Waals surface area (Å²) < 4.78 is 4.84. The first-order valence-corrected chi connectivity index (χ1v) is 10.3. The van der Waals surface area contributed by atoms with Gasteiger partial charge in [-0.2, -0.15) is 0 Å². The topological polar surface area (TPSA) is 9.34 Å². The van der Waals surface area contributed by atoms with E-state index < -0.39 is 0 Å². The number of benzene rings is 4. The lowest BCUT2D eigenvalue weighted by atomic mass is 10.1. The van der Waals surface area contributed by atoms with Gasteiger partial charge in [-0.1, -0.05) is 78.9 Å². The average Bonchev–Trinajstić information content (AvgIpc) is 3.35. The fraction of sp³-hybridized carbons (Fsp3) is 0. The van der Waals surface area contributed by atoms with Gasteiger partial charge in [0.1, 0.15) is 0 Å². The molecule has 140 valence electrons. The zero-order valence-electron chi connectivity index (χ0n) is 16.3. The summed E-state index contributed by atoms with van der Waals surface area (Å²) >= 11 is 0. The molecule has 0 radical (unpaired) electrons. The molecule has 3 heterocycles. The van der Waals surface area contributed by atoms with Crippen molar-refractivity contribution in [3.63, 3.8) is 0 Å². The second kappa shape index (κ2) is 5.74. The van der Waals surface area contributed by atoms with Crippen LogP contribution in [0, 0.1) is 0 Å². The van der Waals surface area contributed by atoms with Gasteiger partial charge in [0.05, 0.1) is 27.6 Å². The summed E-state index contributed by atoms with van der Waals surface area (Å²) in [4.78, 5) is 0. The average molecular weight is 382 g/mol. The highest BCUT2D eigenvalue weighted by atomic mass is 15.0. The molecule has 3 aromatic heterocycles. The van der Waals surface area contributed by atoms with Crippen LogP contribution in [0.25, 0.3) is 54.8 Å². The molecule has 0 aliphatic rings. The van der Waals surface area contributed by atoms with Gasteiger partial charge in [0, 0.05) is 21.8 Å². The molecule has 0 aliphatic carbocycles. The highest BCUT2D eigenvalue weighted by Gasteiger charge is 2.19. The van der Waals surface area contributed by atoms with Crippen molar-refractivity contribution in [1.29, 1.82) is 0 Å². The van der Waals surface area contributed by atoms with Gasteiger partial charge in [0.25, 0.3) is 0 Å². The van der Waals surface area contributed by atoms with Crippen LogP contribution in [0.3, 0.4) is 0 Å². The molecule has 0 atom stereocenters. The molecule has 0 saturated carbocycles.